The number of halogens is 2. The maximum Gasteiger partial charge on any atom is 0.333 e. The Morgan fingerprint density at radius 2 is 1.91 bits per heavy atom. The highest BCUT2D eigenvalue weighted by Crippen LogP contribution is 2.27. The van der Waals surface area contributed by atoms with Crippen LogP contribution in [0.4, 0.5) is 10.5 Å². The van der Waals surface area contributed by atoms with Crippen LogP contribution in [0.25, 0.3) is 27.5 Å². The summed E-state index contributed by atoms with van der Waals surface area (Å²) < 4.78 is 28.0. The summed E-state index contributed by atoms with van der Waals surface area (Å²) in [5, 5.41) is 3.81. The topological polar surface area (TPSA) is 126 Å². The minimum Gasteiger partial charge on any atom is -0.345 e. The standard InChI is InChI=1S/C21H13Cl2N5O4S2/c22-14-8-12(26-21(30)27-34(31,32)19-4-3-18(23)33-19)1-2-17(14)28-6-5-11-7-15-16(25-10-24-15)9-13(11)20(28)29/h1-10H,(H,24,25)(H2,26,27,30). The van der Waals surface area contributed by atoms with Crippen LogP contribution in [0.2, 0.25) is 9.36 Å². The lowest BCUT2D eigenvalue weighted by molar-refractivity contribution is 0.256. The highest BCUT2D eigenvalue weighted by Gasteiger charge is 2.20. The van der Waals surface area contributed by atoms with Crippen molar-refractivity contribution in [3.63, 3.8) is 0 Å². The summed E-state index contributed by atoms with van der Waals surface area (Å²) >= 11 is 13.0. The first kappa shape index (κ1) is 22.4. The van der Waals surface area contributed by atoms with Crippen LogP contribution in [0.5, 0.6) is 0 Å². The molecule has 3 aromatic heterocycles. The molecule has 0 bridgehead atoms. The number of pyridine rings is 1. The molecule has 13 heteroatoms. The molecule has 2 amide bonds. The van der Waals surface area contributed by atoms with E-state index in [0.717, 1.165) is 22.2 Å². The second-order valence-corrected chi connectivity index (χ2v) is 11.2. The van der Waals surface area contributed by atoms with Crippen LogP contribution in [0.15, 0.2) is 70.1 Å². The lowest BCUT2D eigenvalue weighted by atomic mass is 10.1. The molecule has 0 atom stereocenters. The van der Waals surface area contributed by atoms with Gasteiger partial charge < -0.3 is 10.3 Å². The Bertz CT molecular complexity index is 1760. The molecular formula is C21H13Cl2N5O4S2. The number of carbonyl (C=O) groups is 1. The van der Waals surface area contributed by atoms with Gasteiger partial charge in [-0.15, -0.1) is 11.3 Å². The van der Waals surface area contributed by atoms with Crippen molar-refractivity contribution in [3.05, 3.63) is 80.8 Å². The summed E-state index contributed by atoms with van der Waals surface area (Å²) in [6.07, 6.45) is 3.16. The summed E-state index contributed by atoms with van der Waals surface area (Å²) in [5.41, 5.74) is 1.82. The number of thiophene rings is 1. The fourth-order valence-corrected chi connectivity index (χ4v) is 6.08. The van der Waals surface area contributed by atoms with Crippen LogP contribution in [0, 0.1) is 0 Å². The number of nitrogens with one attached hydrogen (secondary N) is 3. The lowest BCUT2D eigenvalue weighted by Gasteiger charge is -2.12. The third kappa shape index (κ3) is 4.14. The maximum absolute atomic E-state index is 13.1. The summed E-state index contributed by atoms with van der Waals surface area (Å²) in [4.78, 5) is 32.5. The number of H-pyrrole nitrogens is 1. The molecule has 9 nitrogen and oxygen atoms in total. The highest BCUT2D eigenvalue weighted by molar-refractivity contribution is 7.92. The molecule has 34 heavy (non-hydrogen) atoms. The molecule has 5 rings (SSSR count). The van der Waals surface area contributed by atoms with Crippen LogP contribution < -0.4 is 15.6 Å². The number of hydrogen-bond donors (Lipinski definition) is 3. The van der Waals surface area contributed by atoms with Gasteiger partial charge in [0.1, 0.15) is 4.21 Å². The summed E-state index contributed by atoms with van der Waals surface area (Å²) in [6, 6.07) is 11.5. The number of anilines is 1. The SMILES string of the molecule is O=C(Nc1ccc(-n2ccc3cc4[nH]cnc4cc3c2=O)c(Cl)c1)NS(=O)(=O)c1ccc(Cl)s1. The minimum atomic E-state index is -4.07. The Balaban J connectivity index is 1.41. The lowest BCUT2D eigenvalue weighted by Crippen LogP contribution is -2.33. The van der Waals surface area contributed by atoms with E-state index in [1.54, 1.807) is 30.7 Å². The van der Waals surface area contributed by atoms with Crippen molar-refractivity contribution in [2.24, 2.45) is 0 Å². The van der Waals surface area contributed by atoms with Gasteiger partial charge in [-0.05, 0) is 53.9 Å². The van der Waals surface area contributed by atoms with Gasteiger partial charge in [-0.2, -0.15) is 0 Å². The summed E-state index contributed by atoms with van der Waals surface area (Å²) in [5.74, 6) is 0. The average Bonchev–Trinajstić information content (AvgIpc) is 3.42. The molecular weight excluding hydrogens is 521 g/mol. The van der Waals surface area contributed by atoms with Crippen molar-refractivity contribution < 1.29 is 13.2 Å². The van der Waals surface area contributed by atoms with Gasteiger partial charge in [-0.3, -0.25) is 9.36 Å². The highest BCUT2D eigenvalue weighted by atomic mass is 35.5. The van der Waals surface area contributed by atoms with Gasteiger partial charge in [0, 0.05) is 17.3 Å². The molecule has 0 aliphatic carbocycles. The maximum atomic E-state index is 13.1. The van der Waals surface area contributed by atoms with Crippen molar-refractivity contribution >= 4 is 78.1 Å². The van der Waals surface area contributed by atoms with E-state index in [-0.39, 0.29) is 24.8 Å². The van der Waals surface area contributed by atoms with Crippen LogP contribution in [-0.4, -0.2) is 29.0 Å². The molecule has 0 saturated heterocycles. The zero-order valence-electron chi connectivity index (χ0n) is 16.9. The Hall–Kier alpha value is -3.38. The van der Waals surface area contributed by atoms with Gasteiger partial charge in [0.05, 0.1) is 32.4 Å². The monoisotopic (exact) mass is 533 g/mol. The number of rotatable bonds is 4. The Morgan fingerprint density at radius 1 is 1.09 bits per heavy atom. The van der Waals surface area contributed by atoms with E-state index in [1.165, 1.54) is 28.8 Å². The first-order chi connectivity index (χ1) is 16.2. The van der Waals surface area contributed by atoms with Crippen LogP contribution >= 0.6 is 34.5 Å². The van der Waals surface area contributed by atoms with E-state index in [2.05, 4.69) is 15.3 Å². The zero-order valence-corrected chi connectivity index (χ0v) is 20.0. The number of urea groups is 1. The Kier molecular flexibility index (Phi) is 5.56. The molecule has 3 heterocycles. The van der Waals surface area contributed by atoms with E-state index < -0.39 is 16.1 Å². The summed E-state index contributed by atoms with van der Waals surface area (Å²) in [7, 11) is -4.07. The van der Waals surface area contributed by atoms with E-state index in [4.69, 9.17) is 23.2 Å². The molecule has 0 unspecified atom stereocenters. The fourth-order valence-electron chi connectivity index (χ4n) is 3.41. The van der Waals surface area contributed by atoms with Crippen LogP contribution in [0.3, 0.4) is 0 Å². The van der Waals surface area contributed by atoms with E-state index in [1.807, 2.05) is 10.8 Å². The number of imidazole rings is 1. The molecule has 0 spiro atoms. The fraction of sp³-hybridized carbons (Fsp3) is 0. The summed E-state index contributed by atoms with van der Waals surface area (Å²) in [6.45, 7) is 0. The first-order valence-electron chi connectivity index (χ1n) is 9.59. The van der Waals surface area contributed by atoms with E-state index >= 15 is 0 Å². The number of aromatic nitrogens is 3. The largest absolute Gasteiger partial charge is 0.345 e. The number of sulfonamides is 1. The smallest absolute Gasteiger partial charge is 0.333 e. The molecule has 172 valence electrons. The second kappa shape index (κ2) is 8.44. The van der Waals surface area contributed by atoms with Gasteiger partial charge >= 0.3 is 6.03 Å². The first-order valence-corrected chi connectivity index (χ1v) is 12.6. The zero-order chi connectivity index (χ0) is 24.0. The van der Waals surface area contributed by atoms with E-state index in [0.29, 0.717) is 16.6 Å². The van der Waals surface area contributed by atoms with Gasteiger partial charge in [0.2, 0.25) is 0 Å². The van der Waals surface area contributed by atoms with Crippen LogP contribution in [0.1, 0.15) is 0 Å². The third-order valence-corrected chi connectivity index (χ3v) is 8.31. The van der Waals surface area contributed by atoms with Gasteiger partial charge in [-0.25, -0.2) is 22.9 Å². The Labute approximate surface area is 206 Å². The number of benzene rings is 2. The van der Waals surface area contributed by atoms with Crippen molar-refractivity contribution in [2.45, 2.75) is 4.21 Å². The normalized spacial score (nSPS) is 11.7. The number of aromatic amines is 1. The molecule has 0 saturated carbocycles. The minimum absolute atomic E-state index is 0.0937. The van der Waals surface area contributed by atoms with Gasteiger partial charge in [-0.1, -0.05) is 23.2 Å². The molecule has 0 fully saturated rings. The van der Waals surface area contributed by atoms with Crippen molar-refractivity contribution in [1.29, 1.82) is 0 Å². The van der Waals surface area contributed by atoms with E-state index in [9.17, 15) is 18.0 Å². The van der Waals surface area contributed by atoms with Crippen molar-refractivity contribution in [3.8, 4) is 5.69 Å². The van der Waals surface area contributed by atoms with Crippen molar-refractivity contribution in [2.75, 3.05) is 5.32 Å². The van der Waals surface area contributed by atoms with Crippen molar-refractivity contribution in [1.82, 2.24) is 19.3 Å². The molecule has 0 aliphatic rings. The molecule has 0 radical (unpaired) electrons. The molecule has 0 aliphatic heterocycles. The van der Waals surface area contributed by atoms with Crippen LogP contribution in [-0.2, 0) is 10.0 Å². The average molecular weight is 534 g/mol. The molecule has 5 aromatic rings. The number of nitrogens with zero attached hydrogens (tertiary/aromatic N) is 2. The molecule has 3 N–H and O–H groups in total. The third-order valence-electron chi connectivity index (χ3n) is 4.95. The number of fused-ring (bicyclic) bond motifs is 2. The number of amides is 2. The predicted molar refractivity (Wildman–Crippen MR) is 133 cm³/mol. The predicted octanol–water partition coefficient (Wildman–Crippen LogP) is 4.75. The molecule has 2 aromatic carbocycles. The number of carbonyl (C=O) groups excluding carboxylic acids is 1. The van der Waals surface area contributed by atoms with Gasteiger partial charge in [0.15, 0.2) is 0 Å². The second-order valence-electron chi connectivity index (χ2n) is 7.13. The quantitative estimate of drug-likeness (QED) is 0.307. The van der Waals surface area contributed by atoms with Gasteiger partial charge in [0.25, 0.3) is 15.6 Å². The number of hydrogen-bond acceptors (Lipinski definition) is 6. The Morgan fingerprint density at radius 3 is 2.65 bits per heavy atom.